The summed E-state index contributed by atoms with van der Waals surface area (Å²) in [6.07, 6.45) is 5.18. The zero-order valence-corrected chi connectivity index (χ0v) is 7.51. The van der Waals surface area contributed by atoms with E-state index in [0.717, 1.165) is 19.4 Å². The topological polar surface area (TPSA) is 18.5 Å². The van der Waals surface area contributed by atoms with Gasteiger partial charge >= 0.3 is 0 Å². The van der Waals surface area contributed by atoms with Crippen molar-refractivity contribution in [1.82, 2.24) is 0 Å². The van der Waals surface area contributed by atoms with Crippen molar-refractivity contribution < 1.29 is 9.47 Å². The van der Waals surface area contributed by atoms with Crippen LogP contribution in [-0.2, 0) is 9.47 Å². The van der Waals surface area contributed by atoms with E-state index in [1.165, 1.54) is 12.8 Å². The fourth-order valence-corrected chi connectivity index (χ4v) is 1.47. The molecule has 2 heteroatoms. The van der Waals surface area contributed by atoms with Crippen molar-refractivity contribution in [2.45, 2.75) is 51.9 Å². The van der Waals surface area contributed by atoms with Gasteiger partial charge in [0.05, 0.1) is 6.10 Å². The number of ether oxygens (including phenoxy) is 2. The first kappa shape index (κ1) is 9.01. The molecule has 0 aromatic heterocycles. The zero-order valence-electron chi connectivity index (χ0n) is 7.51. The van der Waals surface area contributed by atoms with Crippen molar-refractivity contribution >= 4 is 0 Å². The van der Waals surface area contributed by atoms with Gasteiger partial charge < -0.3 is 9.47 Å². The van der Waals surface area contributed by atoms with Gasteiger partial charge in [-0.3, -0.25) is 0 Å². The monoisotopic (exact) mass is 158 g/mol. The number of rotatable bonds is 3. The van der Waals surface area contributed by atoms with E-state index in [-0.39, 0.29) is 6.29 Å². The van der Waals surface area contributed by atoms with Gasteiger partial charge in [-0.25, -0.2) is 0 Å². The molecule has 0 aromatic carbocycles. The van der Waals surface area contributed by atoms with Crippen LogP contribution in [0.15, 0.2) is 0 Å². The molecule has 0 amide bonds. The third-order valence-electron chi connectivity index (χ3n) is 2.12. The van der Waals surface area contributed by atoms with Crippen molar-refractivity contribution in [2.24, 2.45) is 0 Å². The molecule has 0 N–H and O–H groups in total. The van der Waals surface area contributed by atoms with Gasteiger partial charge in [-0.2, -0.15) is 0 Å². The Hall–Kier alpha value is -0.0800. The molecule has 1 aliphatic heterocycles. The van der Waals surface area contributed by atoms with Crippen LogP contribution in [0.3, 0.4) is 0 Å². The normalized spacial score (nSPS) is 32.2. The molecule has 0 saturated carbocycles. The molecular weight excluding hydrogens is 140 g/mol. The molecule has 1 saturated heterocycles. The Bertz CT molecular complexity index is 102. The lowest BCUT2D eigenvalue weighted by molar-refractivity contribution is -0.191. The van der Waals surface area contributed by atoms with Gasteiger partial charge in [0.2, 0.25) is 0 Å². The summed E-state index contributed by atoms with van der Waals surface area (Å²) >= 11 is 0. The fourth-order valence-electron chi connectivity index (χ4n) is 1.47. The predicted octanol–water partition coefficient (Wildman–Crippen LogP) is 2.33. The summed E-state index contributed by atoms with van der Waals surface area (Å²) in [4.78, 5) is 0. The van der Waals surface area contributed by atoms with E-state index in [9.17, 15) is 0 Å². The first-order valence-corrected chi connectivity index (χ1v) is 4.63. The lowest BCUT2D eigenvalue weighted by atomic mass is 10.1. The second kappa shape index (κ2) is 4.73. The first-order valence-electron chi connectivity index (χ1n) is 4.63. The third-order valence-corrected chi connectivity index (χ3v) is 2.12. The SMILES string of the molecule is CCOC1CCCC(CC)O1. The van der Waals surface area contributed by atoms with Gasteiger partial charge in [0.25, 0.3) is 0 Å². The fraction of sp³-hybridized carbons (Fsp3) is 1.00. The average Bonchev–Trinajstić information content (AvgIpc) is 2.06. The predicted molar refractivity (Wildman–Crippen MR) is 44.4 cm³/mol. The molecule has 2 unspecified atom stereocenters. The third kappa shape index (κ3) is 2.80. The summed E-state index contributed by atoms with van der Waals surface area (Å²) in [6.45, 7) is 4.94. The lowest BCUT2D eigenvalue weighted by Crippen LogP contribution is -2.29. The molecule has 66 valence electrons. The summed E-state index contributed by atoms with van der Waals surface area (Å²) in [6, 6.07) is 0. The highest BCUT2D eigenvalue weighted by molar-refractivity contribution is 4.64. The summed E-state index contributed by atoms with van der Waals surface area (Å²) < 4.78 is 11.0. The van der Waals surface area contributed by atoms with Crippen molar-refractivity contribution in [3.63, 3.8) is 0 Å². The van der Waals surface area contributed by atoms with Crippen LogP contribution in [0, 0.1) is 0 Å². The maximum Gasteiger partial charge on any atom is 0.157 e. The van der Waals surface area contributed by atoms with Crippen molar-refractivity contribution in [1.29, 1.82) is 0 Å². The molecular formula is C9H18O2. The Labute approximate surface area is 68.9 Å². The van der Waals surface area contributed by atoms with Gasteiger partial charge in [-0.1, -0.05) is 6.92 Å². The summed E-state index contributed by atoms with van der Waals surface area (Å²) in [5, 5.41) is 0. The maximum atomic E-state index is 5.65. The second-order valence-corrected chi connectivity index (χ2v) is 2.98. The number of hydrogen-bond donors (Lipinski definition) is 0. The van der Waals surface area contributed by atoms with Gasteiger partial charge in [0, 0.05) is 6.61 Å². The van der Waals surface area contributed by atoms with Crippen LogP contribution in [0.2, 0.25) is 0 Å². The van der Waals surface area contributed by atoms with E-state index in [1.807, 2.05) is 6.92 Å². The minimum Gasteiger partial charge on any atom is -0.353 e. The van der Waals surface area contributed by atoms with E-state index >= 15 is 0 Å². The molecule has 1 heterocycles. The summed E-state index contributed by atoms with van der Waals surface area (Å²) in [7, 11) is 0. The molecule has 0 radical (unpaired) electrons. The quantitative estimate of drug-likeness (QED) is 0.627. The van der Waals surface area contributed by atoms with Crippen molar-refractivity contribution in [3.05, 3.63) is 0 Å². The average molecular weight is 158 g/mol. The highest BCUT2D eigenvalue weighted by Crippen LogP contribution is 2.21. The van der Waals surface area contributed by atoms with E-state index < -0.39 is 0 Å². The molecule has 0 bridgehead atoms. The van der Waals surface area contributed by atoms with Crippen molar-refractivity contribution in [2.75, 3.05) is 6.61 Å². The van der Waals surface area contributed by atoms with Crippen LogP contribution in [0.25, 0.3) is 0 Å². The second-order valence-electron chi connectivity index (χ2n) is 2.98. The highest BCUT2D eigenvalue weighted by Gasteiger charge is 2.20. The maximum absolute atomic E-state index is 5.65. The first-order chi connectivity index (χ1) is 5.36. The molecule has 1 rings (SSSR count). The van der Waals surface area contributed by atoms with E-state index in [1.54, 1.807) is 0 Å². The van der Waals surface area contributed by atoms with Crippen LogP contribution >= 0.6 is 0 Å². The van der Waals surface area contributed by atoms with E-state index in [4.69, 9.17) is 9.47 Å². The minimum atomic E-state index is 0.0821. The zero-order chi connectivity index (χ0) is 8.10. The minimum absolute atomic E-state index is 0.0821. The Balaban J connectivity index is 2.21. The van der Waals surface area contributed by atoms with Gasteiger partial charge in [0.1, 0.15) is 0 Å². The van der Waals surface area contributed by atoms with Crippen LogP contribution in [0.5, 0.6) is 0 Å². The molecule has 0 spiro atoms. The summed E-state index contributed by atoms with van der Waals surface area (Å²) in [5.74, 6) is 0. The lowest BCUT2D eigenvalue weighted by Gasteiger charge is -2.28. The van der Waals surface area contributed by atoms with Crippen LogP contribution in [0.4, 0.5) is 0 Å². The molecule has 1 fully saturated rings. The highest BCUT2D eigenvalue weighted by atomic mass is 16.7. The largest absolute Gasteiger partial charge is 0.353 e. The number of hydrogen-bond acceptors (Lipinski definition) is 2. The molecule has 2 atom stereocenters. The Morgan fingerprint density at radius 3 is 2.82 bits per heavy atom. The Morgan fingerprint density at radius 1 is 1.36 bits per heavy atom. The molecule has 11 heavy (non-hydrogen) atoms. The van der Waals surface area contributed by atoms with Gasteiger partial charge in [-0.15, -0.1) is 0 Å². The summed E-state index contributed by atoms with van der Waals surface area (Å²) in [5.41, 5.74) is 0. The van der Waals surface area contributed by atoms with E-state index in [0.29, 0.717) is 6.10 Å². The van der Waals surface area contributed by atoms with Gasteiger partial charge in [-0.05, 0) is 32.6 Å². The van der Waals surface area contributed by atoms with Crippen LogP contribution < -0.4 is 0 Å². The van der Waals surface area contributed by atoms with Gasteiger partial charge in [0.15, 0.2) is 6.29 Å². The smallest absolute Gasteiger partial charge is 0.157 e. The molecule has 2 nitrogen and oxygen atoms in total. The molecule has 0 aliphatic carbocycles. The van der Waals surface area contributed by atoms with Crippen LogP contribution in [-0.4, -0.2) is 19.0 Å². The Morgan fingerprint density at radius 2 is 2.18 bits per heavy atom. The van der Waals surface area contributed by atoms with Crippen molar-refractivity contribution in [3.8, 4) is 0 Å². The molecule has 0 aromatic rings. The standard InChI is InChI=1S/C9H18O2/c1-3-8-6-5-7-9(11-8)10-4-2/h8-9H,3-7H2,1-2H3. The van der Waals surface area contributed by atoms with Crippen LogP contribution in [0.1, 0.15) is 39.5 Å². The Kier molecular flexibility index (Phi) is 3.87. The van der Waals surface area contributed by atoms with E-state index in [2.05, 4.69) is 6.92 Å². The molecule has 1 aliphatic rings.